The predicted octanol–water partition coefficient (Wildman–Crippen LogP) is 4.47. The van der Waals surface area contributed by atoms with Gasteiger partial charge in [0.2, 0.25) is 11.0 Å². The summed E-state index contributed by atoms with van der Waals surface area (Å²) in [6.07, 6.45) is 4.77. The van der Waals surface area contributed by atoms with Crippen molar-refractivity contribution in [3.63, 3.8) is 0 Å². The molecule has 0 spiro atoms. The second-order valence-electron chi connectivity index (χ2n) is 6.65. The fourth-order valence-electron chi connectivity index (χ4n) is 3.19. The Morgan fingerprint density at radius 3 is 2.93 bits per heavy atom. The molecular weight excluding hydrogens is 380 g/mol. The SMILES string of the molecule is CCOc1ccccc1Nc1nnc(SCC(=O)N[C@@H]2CCCC[C@H]2C)s1. The fourth-order valence-corrected chi connectivity index (χ4v) is 4.77. The van der Waals surface area contributed by atoms with E-state index in [1.54, 1.807) is 0 Å². The first-order chi connectivity index (χ1) is 13.2. The van der Waals surface area contributed by atoms with Crippen LogP contribution >= 0.6 is 23.1 Å². The maximum Gasteiger partial charge on any atom is 0.230 e. The molecule has 1 saturated carbocycles. The first-order valence-corrected chi connectivity index (χ1v) is 11.2. The second kappa shape index (κ2) is 9.94. The Bertz CT molecular complexity index is 753. The van der Waals surface area contributed by atoms with Gasteiger partial charge in [0.15, 0.2) is 4.34 Å². The van der Waals surface area contributed by atoms with Gasteiger partial charge in [-0.05, 0) is 37.8 Å². The van der Waals surface area contributed by atoms with Crippen LogP contribution in [0.5, 0.6) is 5.75 Å². The van der Waals surface area contributed by atoms with E-state index in [4.69, 9.17) is 4.74 Å². The Kier molecular flexibility index (Phi) is 7.34. The molecule has 2 N–H and O–H groups in total. The van der Waals surface area contributed by atoms with E-state index in [0.717, 1.165) is 22.2 Å². The summed E-state index contributed by atoms with van der Waals surface area (Å²) in [7, 11) is 0. The van der Waals surface area contributed by atoms with E-state index < -0.39 is 0 Å². The first kappa shape index (κ1) is 19.9. The standard InChI is InChI=1S/C19H26N4O2S2/c1-3-25-16-11-7-6-10-15(16)21-18-22-23-19(27-18)26-12-17(24)20-14-9-5-4-8-13(14)2/h6-7,10-11,13-14H,3-5,8-9,12H2,1-2H3,(H,20,24)(H,21,22)/t13-,14-/m1/s1. The highest BCUT2D eigenvalue weighted by molar-refractivity contribution is 8.01. The lowest BCUT2D eigenvalue weighted by Gasteiger charge is -2.29. The van der Waals surface area contributed by atoms with Crippen molar-refractivity contribution in [3.8, 4) is 5.75 Å². The zero-order valence-corrected chi connectivity index (χ0v) is 17.4. The molecule has 1 aliphatic rings. The molecule has 146 valence electrons. The van der Waals surface area contributed by atoms with Crippen molar-refractivity contribution in [3.05, 3.63) is 24.3 Å². The lowest BCUT2D eigenvalue weighted by molar-refractivity contribution is -0.119. The zero-order chi connectivity index (χ0) is 19.1. The first-order valence-electron chi connectivity index (χ1n) is 9.40. The van der Waals surface area contributed by atoms with E-state index in [1.807, 2.05) is 31.2 Å². The minimum Gasteiger partial charge on any atom is -0.492 e. The fraction of sp³-hybridized carbons (Fsp3) is 0.526. The molecule has 1 heterocycles. The number of benzene rings is 1. The summed E-state index contributed by atoms with van der Waals surface area (Å²) >= 11 is 2.86. The summed E-state index contributed by atoms with van der Waals surface area (Å²) in [4.78, 5) is 12.2. The van der Waals surface area contributed by atoms with Crippen LogP contribution in [0.3, 0.4) is 0 Å². The third kappa shape index (κ3) is 5.84. The van der Waals surface area contributed by atoms with Gasteiger partial charge in [-0.25, -0.2) is 0 Å². The maximum absolute atomic E-state index is 12.2. The van der Waals surface area contributed by atoms with Crippen LogP contribution in [0.2, 0.25) is 0 Å². The zero-order valence-electron chi connectivity index (χ0n) is 15.7. The quantitative estimate of drug-likeness (QED) is 0.630. The molecule has 0 unspecified atom stereocenters. The summed E-state index contributed by atoms with van der Waals surface area (Å²) in [5.41, 5.74) is 0.857. The van der Waals surface area contributed by atoms with E-state index in [2.05, 4.69) is 27.8 Å². The number of nitrogens with one attached hydrogen (secondary N) is 2. The molecular formula is C19H26N4O2S2. The van der Waals surface area contributed by atoms with E-state index in [0.29, 0.717) is 29.5 Å². The number of hydrogen-bond donors (Lipinski definition) is 2. The van der Waals surface area contributed by atoms with E-state index >= 15 is 0 Å². The smallest absolute Gasteiger partial charge is 0.230 e. The van der Waals surface area contributed by atoms with Gasteiger partial charge in [0.05, 0.1) is 18.0 Å². The molecule has 3 rings (SSSR count). The van der Waals surface area contributed by atoms with Crippen molar-refractivity contribution < 1.29 is 9.53 Å². The highest BCUT2D eigenvalue weighted by Gasteiger charge is 2.22. The van der Waals surface area contributed by atoms with Crippen molar-refractivity contribution >= 4 is 39.8 Å². The van der Waals surface area contributed by atoms with Gasteiger partial charge in [-0.2, -0.15) is 0 Å². The molecule has 2 atom stereocenters. The predicted molar refractivity (Wildman–Crippen MR) is 111 cm³/mol. The molecule has 2 aromatic rings. The molecule has 1 aromatic carbocycles. The van der Waals surface area contributed by atoms with Gasteiger partial charge in [0, 0.05) is 6.04 Å². The number of anilines is 2. The van der Waals surface area contributed by atoms with Crippen LogP contribution in [-0.4, -0.2) is 34.5 Å². The lowest BCUT2D eigenvalue weighted by atomic mass is 9.86. The molecule has 0 aliphatic heterocycles. The monoisotopic (exact) mass is 406 g/mol. The normalized spacial score (nSPS) is 19.5. The number of nitrogens with zero attached hydrogens (tertiary/aromatic N) is 2. The topological polar surface area (TPSA) is 76.1 Å². The number of ether oxygens (including phenoxy) is 1. The molecule has 1 aromatic heterocycles. The van der Waals surface area contributed by atoms with E-state index in [1.165, 1.54) is 42.4 Å². The minimum absolute atomic E-state index is 0.0742. The molecule has 1 fully saturated rings. The number of para-hydroxylation sites is 2. The van der Waals surface area contributed by atoms with Crippen molar-refractivity contribution in [2.24, 2.45) is 5.92 Å². The molecule has 27 heavy (non-hydrogen) atoms. The van der Waals surface area contributed by atoms with Crippen molar-refractivity contribution in [1.29, 1.82) is 0 Å². The molecule has 8 heteroatoms. The Labute approximate surface area is 168 Å². The van der Waals surface area contributed by atoms with E-state index in [9.17, 15) is 4.79 Å². The van der Waals surface area contributed by atoms with Crippen LogP contribution in [0.1, 0.15) is 39.5 Å². The Morgan fingerprint density at radius 2 is 2.11 bits per heavy atom. The van der Waals surface area contributed by atoms with Crippen LogP contribution in [0, 0.1) is 5.92 Å². The summed E-state index contributed by atoms with van der Waals surface area (Å²) in [5.74, 6) is 1.79. The number of hydrogen-bond acceptors (Lipinski definition) is 7. The second-order valence-corrected chi connectivity index (χ2v) is 8.85. The number of rotatable bonds is 8. The van der Waals surface area contributed by atoms with Gasteiger partial charge < -0.3 is 15.4 Å². The molecule has 1 aliphatic carbocycles. The van der Waals surface area contributed by atoms with Gasteiger partial charge >= 0.3 is 0 Å². The summed E-state index contributed by atoms with van der Waals surface area (Å²) in [5, 5.41) is 15.4. The van der Waals surface area contributed by atoms with Crippen LogP contribution < -0.4 is 15.4 Å². The Hall–Kier alpha value is -1.80. The molecule has 0 bridgehead atoms. The molecule has 6 nitrogen and oxygen atoms in total. The maximum atomic E-state index is 12.2. The average Bonchev–Trinajstić information content (AvgIpc) is 3.11. The number of carbonyl (C=O) groups is 1. The van der Waals surface area contributed by atoms with Gasteiger partial charge in [-0.3, -0.25) is 4.79 Å². The van der Waals surface area contributed by atoms with Crippen LogP contribution in [-0.2, 0) is 4.79 Å². The summed E-state index contributed by atoms with van der Waals surface area (Å²) in [6, 6.07) is 8.05. The van der Waals surface area contributed by atoms with Crippen LogP contribution in [0.4, 0.5) is 10.8 Å². The van der Waals surface area contributed by atoms with Gasteiger partial charge in [-0.1, -0.05) is 55.0 Å². The average molecular weight is 407 g/mol. The number of carbonyl (C=O) groups excluding carboxylic acids is 1. The highest BCUT2D eigenvalue weighted by atomic mass is 32.2. The summed E-state index contributed by atoms with van der Waals surface area (Å²) in [6.45, 7) is 4.78. The van der Waals surface area contributed by atoms with Crippen LogP contribution in [0.15, 0.2) is 28.6 Å². The van der Waals surface area contributed by atoms with E-state index in [-0.39, 0.29) is 5.91 Å². The van der Waals surface area contributed by atoms with Crippen molar-refractivity contribution in [2.75, 3.05) is 17.7 Å². The van der Waals surface area contributed by atoms with Crippen molar-refractivity contribution in [1.82, 2.24) is 15.5 Å². The third-order valence-electron chi connectivity index (χ3n) is 4.62. The van der Waals surface area contributed by atoms with Gasteiger partial charge in [0.25, 0.3) is 0 Å². The summed E-state index contributed by atoms with van der Waals surface area (Å²) < 4.78 is 6.39. The number of amides is 1. The largest absolute Gasteiger partial charge is 0.492 e. The minimum atomic E-state index is 0.0742. The van der Waals surface area contributed by atoms with Gasteiger partial charge in [0.1, 0.15) is 5.75 Å². The highest BCUT2D eigenvalue weighted by Crippen LogP contribution is 2.31. The number of aromatic nitrogens is 2. The van der Waals surface area contributed by atoms with Gasteiger partial charge in [-0.15, -0.1) is 10.2 Å². The lowest BCUT2D eigenvalue weighted by Crippen LogP contribution is -2.41. The molecule has 0 saturated heterocycles. The third-order valence-corrected chi connectivity index (χ3v) is 6.59. The van der Waals surface area contributed by atoms with Crippen LogP contribution in [0.25, 0.3) is 0 Å². The molecule has 1 amide bonds. The van der Waals surface area contributed by atoms with Crippen molar-refractivity contribution in [2.45, 2.75) is 49.9 Å². The molecule has 0 radical (unpaired) electrons. The number of thioether (sulfide) groups is 1. The Morgan fingerprint density at radius 1 is 1.30 bits per heavy atom. The Balaban J connectivity index is 1.50.